The molecule has 5 heteroatoms. The van der Waals surface area contributed by atoms with Crippen LogP contribution in [0.3, 0.4) is 0 Å². The standard InChI is InChI=1S/C14H16F3NO/c15-9-3-8(4-10(16)5-9)13(17)12-6-11(19)7-18-14(12)1-2-14/h3-5,11-13,18-19H,1-2,6-7H2. The van der Waals surface area contributed by atoms with Gasteiger partial charge in [0.25, 0.3) is 0 Å². The molecule has 3 rings (SSSR count). The van der Waals surface area contributed by atoms with Gasteiger partial charge in [0.2, 0.25) is 0 Å². The van der Waals surface area contributed by atoms with E-state index in [2.05, 4.69) is 5.32 Å². The Morgan fingerprint density at radius 2 is 1.84 bits per heavy atom. The van der Waals surface area contributed by atoms with Gasteiger partial charge in [-0.15, -0.1) is 0 Å². The van der Waals surface area contributed by atoms with Crippen LogP contribution in [0.1, 0.15) is 31.0 Å². The lowest BCUT2D eigenvalue weighted by Gasteiger charge is -2.37. The number of rotatable bonds is 2. The quantitative estimate of drug-likeness (QED) is 0.866. The van der Waals surface area contributed by atoms with Crippen LogP contribution in [-0.4, -0.2) is 23.3 Å². The first-order chi connectivity index (χ1) is 9.00. The monoisotopic (exact) mass is 271 g/mol. The number of hydrogen-bond acceptors (Lipinski definition) is 2. The summed E-state index contributed by atoms with van der Waals surface area (Å²) in [5.74, 6) is -1.98. The summed E-state index contributed by atoms with van der Waals surface area (Å²) in [4.78, 5) is 0. The summed E-state index contributed by atoms with van der Waals surface area (Å²) in [7, 11) is 0. The van der Waals surface area contributed by atoms with Crippen LogP contribution < -0.4 is 5.32 Å². The molecule has 1 heterocycles. The zero-order valence-electron chi connectivity index (χ0n) is 10.4. The Kier molecular flexibility index (Phi) is 3.06. The summed E-state index contributed by atoms with van der Waals surface area (Å²) in [5.41, 5.74) is -0.272. The summed E-state index contributed by atoms with van der Waals surface area (Å²) >= 11 is 0. The molecule has 0 bridgehead atoms. The number of piperidine rings is 1. The number of β-amino-alcohol motifs (C(OH)–C–C–N with tert-alkyl or cyclic N) is 1. The maximum Gasteiger partial charge on any atom is 0.130 e. The predicted octanol–water partition coefficient (Wildman–Crippen LogP) is 2.48. The lowest BCUT2D eigenvalue weighted by atomic mass is 9.81. The molecule has 2 N–H and O–H groups in total. The molecule has 19 heavy (non-hydrogen) atoms. The first kappa shape index (κ1) is 12.9. The maximum absolute atomic E-state index is 14.6. The molecule has 0 aromatic heterocycles. The number of benzene rings is 1. The molecule has 2 nitrogen and oxygen atoms in total. The highest BCUT2D eigenvalue weighted by atomic mass is 19.1. The molecule has 104 valence electrons. The third-order valence-electron chi connectivity index (χ3n) is 4.27. The highest BCUT2D eigenvalue weighted by Crippen LogP contribution is 2.52. The largest absolute Gasteiger partial charge is 0.392 e. The van der Waals surface area contributed by atoms with E-state index in [4.69, 9.17) is 0 Å². The molecule has 0 radical (unpaired) electrons. The van der Waals surface area contributed by atoms with E-state index in [1.165, 1.54) is 0 Å². The first-order valence-electron chi connectivity index (χ1n) is 6.53. The van der Waals surface area contributed by atoms with E-state index in [1.54, 1.807) is 0 Å². The summed E-state index contributed by atoms with van der Waals surface area (Å²) < 4.78 is 40.9. The smallest absolute Gasteiger partial charge is 0.130 e. The van der Waals surface area contributed by atoms with Crippen LogP contribution in [0.4, 0.5) is 13.2 Å². The molecule has 1 aliphatic carbocycles. The van der Waals surface area contributed by atoms with E-state index < -0.39 is 29.8 Å². The van der Waals surface area contributed by atoms with Crippen molar-refractivity contribution >= 4 is 0 Å². The number of nitrogens with one attached hydrogen (secondary N) is 1. The lowest BCUT2D eigenvalue weighted by molar-refractivity contribution is 0.0423. The second kappa shape index (κ2) is 4.49. The van der Waals surface area contributed by atoms with Crippen LogP contribution in [0.15, 0.2) is 18.2 Å². The van der Waals surface area contributed by atoms with Crippen LogP contribution in [0, 0.1) is 17.6 Å². The van der Waals surface area contributed by atoms with Crippen LogP contribution in [0.2, 0.25) is 0 Å². The van der Waals surface area contributed by atoms with Crippen molar-refractivity contribution in [3.63, 3.8) is 0 Å². The summed E-state index contributed by atoms with van der Waals surface area (Å²) in [6.07, 6.45) is -0.0413. The molecule has 3 atom stereocenters. The van der Waals surface area contributed by atoms with Crippen molar-refractivity contribution < 1.29 is 18.3 Å². The Labute approximate surface area is 109 Å². The minimum atomic E-state index is -1.46. The fourth-order valence-corrected chi connectivity index (χ4v) is 3.10. The summed E-state index contributed by atoms with van der Waals surface area (Å²) in [6, 6.07) is 2.80. The SMILES string of the molecule is OC1CNC2(CC2)C(C(F)c2cc(F)cc(F)c2)C1. The third kappa shape index (κ3) is 2.37. The van der Waals surface area contributed by atoms with E-state index in [0.29, 0.717) is 13.0 Å². The normalized spacial score (nSPS) is 30.3. The van der Waals surface area contributed by atoms with E-state index in [-0.39, 0.29) is 11.1 Å². The molecule has 2 aliphatic rings. The van der Waals surface area contributed by atoms with E-state index in [9.17, 15) is 18.3 Å². The summed E-state index contributed by atoms with van der Waals surface area (Å²) in [6.45, 7) is 0.459. The molecule has 1 aliphatic heterocycles. The Morgan fingerprint density at radius 3 is 2.42 bits per heavy atom. The number of hydrogen-bond donors (Lipinski definition) is 2. The predicted molar refractivity (Wildman–Crippen MR) is 64.3 cm³/mol. The molecule has 3 unspecified atom stereocenters. The van der Waals surface area contributed by atoms with Gasteiger partial charge in [-0.1, -0.05) is 0 Å². The average Bonchev–Trinajstić information content (AvgIpc) is 3.11. The average molecular weight is 271 g/mol. The molecular formula is C14H16F3NO. The second-order valence-corrected chi connectivity index (χ2v) is 5.64. The Bertz CT molecular complexity index is 469. The van der Waals surface area contributed by atoms with Gasteiger partial charge in [0, 0.05) is 24.1 Å². The van der Waals surface area contributed by atoms with Crippen molar-refractivity contribution in [2.45, 2.75) is 37.1 Å². The molecule has 1 saturated heterocycles. The van der Waals surface area contributed by atoms with Crippen molar-refractivity contribution in [1.29, 1.82) is 0 Å². The fourth-order valence-electron chi connectivity index (χ4n) is 3.10. The highest BCUT2D eigenvalue weighted by Gasteiger charge is 2.55. The topological polar surface area (TPSA) is 32.3 Å². The van der Waals surface area contributed by atoms with Crippen LogP contribution in [-0.2, 0) is 0 Å². The Balaban J connectivity index is 1.87. The Morgan fingerprint density at radius 1 is 1.21 bits per heavy atom. The molecule has 1 spiro atoms. The van der Waals surface area contributed by atoms with Crippen LogP contribution in [0.5, 0.6) is 0 Å². The molecule has 1 aromatic rings. The number of alkyl halides is 1. The molecule has 1 saturated carbocycles. The molecular weight excluding hydrogens is 255 g/mol. The Hall–Kier alpha value is -1.07. The number of aliphatic hydroxyl groups excluding tert-OH is 1. The van der Waals surface area contributed by atoms with Gasteiger partial charge in [0.05, 0.1) is 6.10 Å². The van der Waals surface area contributed by atoms with Crippen LogP contribution in [0.25, 0.3) is 0 Å². The van der Waals surface area contributed by atoms with Crippen molar-refractivity contribution in [2.24, 2.45) is 5.92 Å². The van der Waals surface area contributed by atoms with Gasteiger partial charge >= 0.3 is 0 Å². The van der Waals surface area contributed by atoms with Gasteiger partial charge in [0.15, 0.2) is 0 Å². The van der Waals surface area contributed by atoms with Crippen molar-refractivity contribution in [2.75, 3.05) is 6.54 Å². The van der Waals surface area contributed by atoms with Crippen LogP contribution >= 0.6 is 0 Å². The van der Waals surface area contributed by atoms with Crippen molar-refractivity contribution in [3.8, 4) is 0 Å². The van der Waals surface area contributed by atoms with Gasteiger partial charge in [-0.3, -0.25) is 0 Å². The van der Waals surface area contributed by atoms with Gasteiger partial charge in [0.1, 0.15) is 17.8 Å². The zero-order valence-corrected chi connectivity index (χ0v) is 10.4. The molecule has 0 amide bonds. The summed E-state index contributed by atoms with van der Waals surface area (Å²) in [5, 5.41) is 12.8. The van der Waals surface area contributed by atoms with Gasteiger partial charge in [-0.05, 0) is 37.0 Å². The van der Waals surface area contributed by atoms with E-state index in [0.717, 1.165) is 31.0 Å². The first-order valence-corrected chi connectivity index (χ1v) is 6.53. The molecule has 2 fully saturated rings. The maximum atomic E-state index is 14.6. The molecule has 1 aromatic carbocycles. The third-order valence-corrected chi connectivity index (χ3v) is 4.27. The van der Waals surface area contributed by atoms with E-state index in [1.807, 2.05) is 0 Å². The second-order valence-electron chi connectivity index (χ2n) is 5.64. The minimum absolute atomic E-state index is 0.0182. The number of aliphatic hydroxyl groups is 1. The highest BCUT2D eigenvalue weighted by molar-refractivity contribution is 5.24. The number of halogens is 3. The zero-order chi connectivity index (χ0) is 13.6. The van der Waals surface area contributed by atoms with Crippen molar-refractivity contribution in [1.82, 2.24) is 5.32 Å². The lowest BCUT2D eigenvalue weighted by Crippen LogP contribution is -2.51. The minimum Gasteiger partial charge on any atom is -0.392 e. The van der Waals surface area contributed by atoms with Gasteiger partial charge in [-0.2, -0.15) is 0 Å². The van der Waals surface area contributed by atoms with Gasteiger partial charge < -0.3 is 10.4 Å². The van der Waals surface area contributed by atoms with E-state index >= 15 is 0 Å². The van der Waals surface area contributed by atoms with Gasteiger partial charge in [-0.25, -0.2) is 13.2 Å². The van der Waals surface area contributed by atoms with Crippen molar-refractivity contribution in [3.05, 3.63) is 35.4 Å². The fraction of sp³-hybridized carbons (Fsp3) is 0.571.